The van der Waals surface area contributed by atoms with Crippen molar-refractivity contribution in [2.24, 2.45) is 0 Å². The number of aryl methyl sites for hydroxylation is 1. The van der Waals surface area contributed by atoms with E-state index in [9.17, 15) is 0 Å². The van der Waals surface area contributed by atoms with E-state index < -0.39 is 0 Å². The SMILES string of the molecule is Cc1ccc(CNc2ccc(OC3CCCC3)cc2)cc1. The van der Waals surface area contributed by atoms with Gasteiger partial charge < -0.3 is 10.1 Å². The van der Waals surface area contributed by atoms with Gasteiger partial charge in [0, 0.05) is 12.2 Å². The molecule has 0 heterocycles. The van der Waals surface area contributed by atoms with Crippen molar-refractivity contribution in [3.63, 3.8) is 0 Å². The molecule has 0 radical (unpaired) electrons. The van der Waals surface area contributed by atoms with Crippen molar-refractivity contribution >= 4 is 5.69 Å². The highest BCUT2D eigenvalue weighted by atomic mass is 16.5. The van der Waals surface area contributed by atoms with Crippen LogP contribution in [-0.2, 0) is 6.54 Å². The third kappa shape index (κ3) is 4.01. The number of benzene rings is 2. The minimum absolute atomic E-state index is 0.427. The molecule has 3 rings (SSSR count). The van der Waals surface area contributed by atoms with Crippen LogP contribution >= 0.6 is 0 Å². The van der Waals surface area contributed by atoms with Gasteiger partial charge in [0.25, 0.3) is 0 Å². The molecule has 2 heteroatoms. The van der Waals surface area contributed by atoms with Crippen LogP contribution in [0.1, 0.15) is 36.8 Å². The number of anilines is 1. The summed E-state index contributed by atoms with van der Waals surface area (Å²) in [7, 11) is 0. The van der Waals surface area contributed by atoms with Crippen molar-refractivity contribution in [2.75, 3.05) is 5.32 Å². The molecule has 1 aliphatic carbocycles. The van der Waals surface area contributed by atoms with Crippen molar-refractivity contribution in [1.29, 1.82) is 0 Å². The Morgan fingerprint density at radius 2 is 1.62 bits per heavy atom. The van der Waals surface area contributed by atoms with Crippen LogP contribution in [0.3, 0.4) is 0 Å². The Kier molecular flexibility index (Phi) is 4.44. The Labute approximate surface area is 127 Å². The molecule has 0 amide bonds. The molecule has 0 atom stereocenters. The van der Waals surface area contributed by atoms with Crippen molar-refractivity contribution in [1.82, 2.24) is 0 Å². The molecule has 21 heavy (non-hydrogen) atoms. The van der Waals surface area contributed by atoms with Gasteiger partial charge in [-0.05, 0) is 62.4 Å². The number of hydrogen-bond acceptors (Lipinski definition) is 2. The van der Waals surface area contributed by atoms with E-state index in [1.807, 2.05) is 0 Å². The second-order valence-electron chi connectivity index (χ2n) is 5.89. The summed E-state index contributed by atoms with van der Waals surface area (Å²) in [6, 6.07) is 17.0. The molecule has 2 aromatic carbocycles. The van der Waals surface area contributed by atoms with Crippen LogP contribution in [0, 0.1) is 6.92 Å². The fourth-order valence-corrected chi connectivity index (χ4v) is 2.76. The highest BCUT2D eigenvalue weighted by molar-refractivity contribution is 5.46. The first-order valence-corrected chi connectivity index (χ1v) is 7.86. The van der Waals surface area contributed by atoms with Gasteiger partial charge in [0.05, 0.1) is 6.10 Å². The molecule has 2 aromatic rings. The smallest absolute Gasteiger partial charge is 0.119 e. The molecule has 110 valence electrons. The van der Waals surface area contributed by atoms with Crippen LogP contribution in [-0.4, -0.2) is 6.10 Å². The van der Waals surface area contributed by atoms with Crippen LogP contribution in [0.5, 0.6) is 5.75 Å². The molecule has 0 aromatic heterocycles. The number of rotatable bonds is 5. The second-order valence-corrected chi connectivity index (χ2v) is 5.89. The van der Waals surface area contributed by atoms with Gasteiger partial charge in [-0.25, -0.2) is 0 Å². The molecule has 0 aliphatic heterocycles. The van der Waals surface area contributed by atoms with Crippen LogP contribution in [0.25, 0.3) is 0 Å². The minimum atomic E-state index is 0.427. The van der Waals surface area contributed by atoms with E-state index in [0.717, 1.165) is 18.0 Å². The zero-order valence-corrected chi connectivity index (χ0v) is 12.6. The van der Waals surface area contributed by atoms with Gasteiger partial charge in [-0.3, -0.25) is 0 Å². The lowest BCUT2D eigenvalue weighted by Gasteiger charge is -2.13. The Bertz CT molecular complexity index is 553. The molecule has 0 saturated heterocycles. The highest BCUT2D eigenvalue weighted by Gasteiger charge is 2.16. The zero-order valence-electron chi connectivity index (χ0n) is 12.6. The van der Waals surface area contributed by atoms with Crippen LogP contribution in [0.2, 0.25) is 0 Å². The molecule has 1 fully saturated rings. The van der Waals surface area contributed by atoms with Gasteiger partial charge in [-0.2, -0.15) is 0 Å². The van der Waals surface area contributed by atoms with Crippen molar-refractivity contribution in [3.8, 4) is 5.75 Å². The topological polar surface area (TPSA) is 21.3 Å². The zero-order chi connectivity index (χ0) is 14.5. The fourth-order valence-electron chi connectivity index (χ4n) is 2.76. The maximum atomic E-state index is 5.98. The molecule has 1 aliphatic rings. The van der Waals surface area contributed by atoms with E-state index in [1.165, 1.54) is 36.8 Å². The normalized spacial score (nSPS) is 15.1. The number of nitrogens with one attached hydrogen (secondary N) is 1. The lowest BCUT2D eigenvalue weighted by molar-refractivity contribution is 0.210. The quantitative estimate of drug-likeness (QED) is 0.839. The number of ether oxygens (including phenoxy) is 1. The van der Waals surface area contributed by atoms with Gasteiger partial charge in [0.15, 0.2) is 0 Å². The maximum absolute atomic E-state index is 5.98. The summed E-state index contributed by atoms with van der Waals surface area (Å²) in [6.45, 7) is 2.96. The average Bonchev–Trinajstić information content (AvgIpc) is 3.01. The molecule has 2 nitrogen and oxygen atoms in total. The summed E-state index contributed by atoms with van der Waals surface area (Å²) in [4.78, 5) is 0. The Morgan fingerprint density at radius 1 is 0.952 bits per heavy atom. The molecule has 0 spiro atoms. The van der Waals surface area contributed by atoms with Gasteiger partial charge in [-0.15, -0.1) is 0 Å². The van der Waals surface area contributed by atoms with E-state index in [-0.39, 0.29) is 0 Å². The van der Waals surface area contributed by atoms with E-state index in [4.69, 9.17) is 4.74 Å². The monoisotopic (exact) mass is 281 g/mol. The standard InChI is InChI=1S/C19H23NO/c1-15-6-8-16(9-7-15)14-20-17-10-12-19(13-11-17)21-18-4-2-3-5-18/h6-13,18,20H,2-5,14H2,1H3. The lowest BCUT2D eigenvalue weighted by atomic mass is 10.1. The summed E-state index contributed by atoms with van der Waals surface area (Å²) in [5.41, 5.74) is 3.73. The predicted molar refractivity (Wildman–Crippen MR) is 87.8 cm³/mol. The maximum Gasteiger partial charge on any atom is 0.119 e. The third-order valence-electron chi connectivity index (χ3n) is 4.08. The highest BCUT2D eigenvalue weighted by Crippen LogP contribution is 2.25. The van der Waals surface area contributed by atoms with Gasteiger partial charge in [-0.1, -0.05) is 29.8 Å². The molecule has 1 N–H and O–H groups in total. The van der Waals surface area contributed by atoms with Gasteiger partial charge >= 0.3 is 0 Å². The molecule has 0 bridgehead atoms. The Balaban J connectivity index is 1.52. The third-order valence-corrected chi connectivity index (χ3v) is 4.08. The van der Waals surface area contributed by atoms with E-state index in [0.29, 0.717) is 6.10 Å². The van der Waals surface area contributed by atoms with Crippen molar-refractivity contribution in [3.05, 3.63) is 59.7 Å². The van der Waals surface area contributed by atoms with Crippen LogP contribution < -0.4 is 10.1 Å². The first-order valence-electron chi connectivity index (χ1n) is 7.86. The Hall–Kier alpha value is -1.96. The van der Waals surface area contributed by atoms with Crippen LogP contribution in [0.15, 0.2) is 48.5 Å². The number of hydrogen-bond donors (Lipinski definition) is 1. The molecule has 0 unspecified atom stereocenters. The van der Waals surface area contributed by atoms with Crippen molar-refractivity contribution < 1.29 is 4.74 Å². The van der Waals surface area contributed by atoms with E-state index in [2.05, 4.69) is 60.8 Å². The van der Waals surface area contributed by atoms with Crippen LogP contribution in [0.4, 0.5) is 5.69 Å². The van der Waals surface area contributed by atoms with Gasteiger partial charge in [0.2, 0.25) is 0 Å². The molecular formula is C19H23NO. The second kappa shape index (κ2) is 6.66. The fraction of sp³-hybridized carbons (Fsp3) is 0.368. The average molecular weight is 281 g/mol. The molecule has 1 saturated carbocycles. The largest absolute Gasteiger partial charge is 0.490 e. The summed E-state index contributed by atoms with van der Waals surface area (Å²) < 4.78 is 5.98. The summed E-state index contributed by atoms with van der Waals surface area (Å²) in [5, 5.41) is 3.45. The van der Waals surface area contributed by atoms with Gasteiger partial charge in [0.1, 0.15) is 5.75 Å². The Morgan fingerprint density at radius 3 is 2.29 bits per heavy atom. The van der Waals surface area contributed by atoms with Crippen molar-refractivity contribution in [2.45, 2.75) is 45.3 Å². The lowest BCUT2D eigenvalue weighted by Crippen LogP contribution is -2.10. The summed E-state index contributed by atoms with van der Waals surface area (Å²) in [5.74, 6) is 0.989. The summed E-state index contributed by atoms with van der Waals surface area (Å²) in [6.07, 6.45) is 5.44. The first kappa shape index (κ1) is 14.0. The summed E-state index contributed by atoms with van der Waals surface area (Å²) >= 11 is 0. The van der Waals surface area contributed by atoms with E-state index >= 15 is 0 Å². The van der Waals surface area contributed by atoms with E-state index in [1.54, 1.807) is 0 Å². The minimum Gasteiger partial charge on any atom is -0.490 e. The first-order chi connectivity index (χ1) is 10.3. The molecular weight excluding hydrogens is 258 g/mol. The predicted octanol–water partition coefficient (Wildman–Crippen LogP) is 4.93.